The minimum atomic E-state index is -0.476. The Hall–Kier alpha value is -0.120. The van der Waals surface area contributed by atoms with Crippen molar-refractivity contribution in [3.8, 4) is 0 Å². The van der Waals surface area contributed by atoms with E-state index in [4.69, 9.17) is 0 Å². The summed E-state index contributed by atoms with van der Waals surface area (Å²) in [5, 5.41) is 21.4. The van der Waals surface area contributed by atoms with Crippen molar-refractivity contribution in [2.24, 2.45) is 11.8 Å². The Kier molecular flexibility index (Phi) is 8.88. The number of quaternary nitrogens is 1. The smallest absolute Gasteiger partial charge is 0.194 e. The third kappa shape index (κ3) is 5.05. The van der Waals surface area contributed by atoms with E-state index in [1.165, 1.54) is 0 Å². The molecular formula is C16H36NO2+. The van der Waals surface area contributed by atoms with Crippen LogP contribution in [-0.4, -0.2) is 40.2 Å². The van der Waals surface area contributed by atoms with Gasteiger partial charge in [0.15, 0.2) is 12.5 Å². The number of rotatable bonds is 10. The molecule has 0 aromatic rings. The monoisotopic (exact) mass is 274 g/mol. The molecule has 0 saturated heterocycles. The highest BCUT2D eigenvalue weighted by Gasteiger charge is 2.44. The maximum Gasteiger partial charge on any atom is 0.194 e. The molecular weight excluding hydrogens is 238 g/mol. The van der Waals surface area contributed by atoms with Crippen molar-refractivity contribution in [3.05, 3.63) is 0 Å². The highest BCUT2D eigenvalue weighted by molar-refractivity contribution is 4.61. The standard InChI is InChI=1S/C16H36NO2/c1-7-9-11-17(12-10-8-2,15(18)13(3)4)16(19)14(5)6/h13-16,18-19H,7-12H2,1-6H3/q+1. The number of hydrogen-bond acceptors (Lipinski definition) is 2. The first-order chi connectivity index (χ1) is 8.83. The number of nitrogens with zero attached hydrogens (tertiary/aromatic N) is 1. The lowest BCUT2D eigenvalue weighted by molar-refractivity contribution is -1.02. The van der Waals surface area contributed by atoms with Gasteiger partial charge < -0.3 is 10.2 Å². The van der Waals surface area contributed by atoms with Gasteiger partial charge in [-0.25, -0.2) is 0 Å². The van der Waals surface area contributed by atoms with E-state index in [2.05, 4.69) is 13.8 Å². The van der Waals surface area contributed by atoms with E-state index in [1.807, 2.05) is 27.7 Å². The molecule has 0 bridgehead atoms. The molecule has 0 heterocycles. The lowest BCUT2D eigenvalue weighted by Crippen LogP contribution is -2.65. The van der Waals surface area contributed by atoms with E-state index < -0.39 is 12.5 Å². The van der Waals surface area contributed by atoms with Gasteiger partial charge in [0.05, 0.1) is 13.1 Å². The third-order valence-corrected chi connectivity index (χ3v) is 4.10. The predicted molar refractivity (Wildman–Crippen MR) is 81.5 cm³/mol. The molecule has 116 valence electrons. The van der Waals surface area contributed by atoms with Gasteiger partial charge in [-0.3, -0.25) is 4.48 Å². The van der Waals surface area contributed by atoms with E-state index in [9.17, 15) is 10.2 Å². The molecule has 2 atom stereocenters. The molecule has 0 radical (unpaired) electrons. The summed E-state index contributed by atoms with van der Waals surface area (Å²) in [5.41, 5.74) is 0. The number of unbranched alkanes of at least 4 members (excludes halogenated alkanes) is 2. The van der Waals surface area contributed by atoms with Gasteiger partial charge in [-0.1, -0.05) is 54.4 Å². The lowest BCUT2D eigenvalue weighted by Gasteiger charge is -2.48. The molecule has 0 saturated carbocycles. The SMILES string of the molecule is CCCC[N+](CCCC)(C(O)C(C)C)C(O)C(C)C. The van der Waals surface area contributed by atoms with Gasteiger partial charge in [-0.05, 0) is 12.8 Å². The van der Waals surface area contributed by atoms with Crippen LogP contribution in [0.25, 0.3) is 0 Å². The van der Waals surface area contributed by atoms with Crippen LogP contribution in [0.4, 0.5) is 0 Å². The van der Waals surface area contributed by atoms with Crippen LogP contribution in [0.1, 0.15) is 67.2 Å². The number of hydrogen-bond donors (Lipinski definition) is 2. The predicted octanol–water partition coefficient (Wildman–Crippen LogP) is 3.35. The first kappa shape index (κ1) is 18.9. The first-order valence-electron chi connectivity index (χ1n) is 8.06. The van der Waals surface area contributed by atoms with Crippen molar-refractivity contribution in [1.82, 2.24) is 0 Å². The van der Waals surface area contributed by atoms with Crippen molar-refractivity contribution in [2.75, 3.05) is 13.1 Å². The van der Waals surface area contributed by atoms with Crippen molar-refractivity contribution < 1.29 is 14.7 Å². The Morgan fingerprint density at radius 3 is 1.26 bits per heavy atom. The molecule has 0 aromatic carbocycles. The van der Waals surface area contributed by atoms with Crippen LogP contribution < -0.4 is 0 Å². The minimum absolute atomic E-state index is 0.169. The number of aliphatic hydroxyl groups excluding tert-OH is 2. The number of aliphatic hydroxyl groups is 2. The fourth-order valence-corrected chi connectivity index (χ4v) is 2.89. The van der Waals surface area contributed by atoms with Crippen molar-refractivity contribution >= 4 is 0 Å². The first-order valence-corrected chi connectivity index (χ1v) is 8.06. The highest BCUT2D eigenvalue weighted by atomic mass is 16.3. The summed E-state index contributed by atoms with van der Waals surface area (Å²) in [4.78, 5) is 0. The molecule has 0 amide bonds. The van der Waals surface area contributed by atoms with E-state index in [0.717, 1.165) is 38.8 Å². The molecule has 0 fully saturated rings. The molecule has 2 N–H and O–H groups in total. The van der Waals surface area contributed by atoms with Crippen molar-refractivity contribution in [3.63, 3.8) is 0 Å². The summed E-state index contributed by atoms with van der Waals surface area (Å²) < 4.78 is 0.455. The second-order valence-corrected chi connectivity index (χ2v) is 6.57. The fourth-order valence-electron chi connectivity index (χ4n) is 2.89. The Morgan fingerprint density at radius 1 is 0.737 bits per heavy atom. The van der Waals surface area contributed by atoms with Gasteiger partial charge in [0.25, 0.3) is 0 Å². The molecule has 0 aliphatic heterocycles. The summed E-state index contributed by atoms with van der Waals surface area (Å²) in [6, 6.07) is 0. The minimum Gasteiger partial charge on any atom is -0.344 e. The van der Waals surface area contributed by atoms with Crippen LogP contribution in [0, 0.1) is 11.8 Å². The largest absolute Gasteiger partial charge is 0.344 e. The molecule has 3 heteroatoms. The molecule has 0 aliphatic carbocycles. The maximum atomic E-state index is 10.7. The molecule has 0 spiro atoms. The van der Waals surface area contributed by atoms with Crippen LogP contribution in [-0.2, 0) is 0 Å². The maximum absolute atomic E-state index is 10.7. The molecule has 3 nitrogen and oxygen atoms in total. The molecule has 0 aliphatic rings. The van der Waals surface area contributed by atoms with E-state index in [-0.39, 0.29) is 11.8 Å². The zero-order valence-electron chi connectivity index (χ0n) is 13.9. The van der Waals surface area contributed by atoms with Gasteiger partial charge in [0.2, 0.25) is 0 Å². The van der Waals surface area contributed by atoms with Gasteiger partial charge >= 0.3 is 0 Å². The van der Waals surface area contributed by atoms with E-state index in [1.54, 1.807) is 0 Å². The van der Waals surface area contributed by atoms with Crippen LogP contribution in [0.3, 0.4) is 0 Å². The van der Waals surface area contributed by atoms with Gasteiger partial charge in [0.1, 0.15) is 0 Å². The summed E-state index contributed by atoms with van der Waals surface area (Å²) in [6.45, 7) is 14.2. The Morgan fingerprint density at radius 2 is 1.05 bits per heavy atom. The topological polar surface area (TPSA) is 40.5 Å². The van der Waals surface area contributed by atoms with E-state index in [0.29, 0.717) is 4.48 Å². The van der Waals surface area contributed by atoms with Gasteiger partial charge in [-0.15, -0.1) is 0 Å². The second-order valence-electron chi connectivity index (χ2n) is 6.57. The normalized spacial score (nSPS) is 16.1. The third-order valence-electron chi connectivity index (χ3n) is 4.10. The molecule has 19 heavy (non-hydrogen) atoms. The van der Waals surface area contributed by atoms with Gasteiger partial charge in [0, 0.05) is 11.8 Å². The van der Waals surface area contributed by atoms with Crippen LogP contribution in [0.5, 0.6) is 0 Å². The zero-order chi connectivity index (χ0) is 15.1. The fraction of sp³-hybridized carbons (Fsp3) is 1.00. The lowest BCUT2D eigenvalue weighted by atomic mass is 10.0. The zero-order valence-corrected chi connectivity index (χ0v) is 13.9. The Labute approximate surface area is 120 Å². The van der Waals surface area contributed by atoms with Crippen LogP contribution >= 0.6 is 0 Å². The van der Waals surface area contributed by atoms with Crippen molar-refractivity contribution in [2.45, 2.75) is 79.7 Å². The second kappa shape index (κ2) is 8.93. The average molecular weight is 274 g/mol. The molecule has 0 aromatic heterocycles. The quantitative estimate of drug-likeness (QED) is 0.474. The summed E-state index contributed by atoms with van der Waals surface area (Å²) in [5.74, 6) is 0.337. The highest BCUT2D eigenvalue weighted by Crippen LogP contribution is 2.28. The Bertz CT molecular complexity index is 205. The molecule has 0 rings (SSSR count). The van der Waals surface area contributed by atoms with Crippen LogP contribution in [0.15, 0.2) is 0 Å². The summed E-state index contributed by atoms with van der Waals surface area (Å²) >= 11 is 0. The molecule has 2 unspecified atom stereocenters. The van der Waals surface area contributed by atoms with Gasteiger partial charge in [-0.2, -0.15) is 0 Å². The summed E-state index contributed by atoms with van der Waals surface area (Å²) in [6.07, 6.45) is 3.35. The Balaban J connectivity index is 5.29. The van der Waals surface area contributed by atoms with Crippen molar-refractivity contribution in [1.29, 1.82) is 0 Å². The average Bonchev–Trinajstić information content (AvgIpc) is 2.37. The van der Waals surface area contributed by atoms with E-state index >= 15 is 0 Å². The summed E-state index contributed by atoms with van der Waals surface area (Å²) in [7, 11) is 0. The van der Waals surface area contributed by atoms with Crippen LogP contribution in [0.2, 0.25) is 0 Å².